The van der Waals surface area contributed by atoms with Crippen LogP contribution in [0.3, 0.4) is 0 Å². The predicted octanol–water partition coefficient (Wildman–Crippen LogP) is 1.74. The SMILES string of the molecule is CC(CC(=O)O)S(=O)(=O)Cc1ccc(F)cc1F. The standard InChI is InChI=1S/C11H12F2O4S/c1-7(4-11(14)15)18(16,17)6-8-2-3-9(12)5-10(8)13/h2-3,5,7H,4,6H2,1H3,(H,14,15). The second-order valence-electron chi connectivity index (χ2n) is 3.95. The highest BCUT2D eigenvalue weighted by molar-refractivity contribution is 7.91. The fourth-order valence-corrected chi connectivity index (χ4v) is 2.72. The highest BCUT2D eigenvalue weighted by Crippen LogP contribution is 2.17. The molecule has 1 aromatic rings. The monoisotopic (exact) mass is 278 g/mol. The maximum atomic E-state index is 13.3. The number of benzene rings is 1. The maximum absolute atomic E-state index is 13.3. The van der Waals surface area contributed by atoms with Crippen molar-refractivity contribution in [3.63, 3.8) is 0 Å². The summed E-state index contributed by atoms with van der Waals surface area (Å²) in [4.78, 5) is 10.4. The van der Waals surface area contributed by atoms with E-state index in [1.165, 1.54) is 6.92 Å². The van der Waals surface area contributed by atoms with Crippen molar-refractivity contribution in [3.8, 4) is 0 Å². The average molecular weight is 278 g/mol. The molecule has 0 spiro atoms. The number of carbonyl (C=O) groups is 1. The largest absolute Gasteiger partial charge is 0.481 e. The number of hydrogen-bond donors (Lipinski definition) is 1. The van der Waals surface area contributed by atoms with Crippen molar-refractivity contribution in [1.82, 2.24) is 0 Å². The van der Waals surface area contributed by atoms with Crippen LogP contribution in [0.1, 0.15) is 18.9 Å². The van der Waals surface area contributed by atoms with E-state index >= 15 is 0 Å². The first-order chi connectivity index (χ1) is 8.22. The van der Waals surface area contributed by atoms with Crippen LogP contribution in [-0.4, -0.2) is 24.7 Å². The first-order valence-electron chi connectivity index (χ1n) is 5.09. The molecule has 0 saturated carbocycles. The van der Waals surface area contributed by atoms with Gasteiger partial charge in [0, 0.05) is 11.6 Å². The number of sulfone groups is 1. The summed E-state index contributed by atoms with van der Waals surface area (Å²) in [5.74, 6) is -3.65. The normalized spacial score (nSPS) is 13.3. The Labute approximate surface area is 103 Å². The van der Waals surface area contributed by atoms with Gasteiger partial charge in [-0.2, -0.15) is 0 Å². The van der Waals surface area contributed by atoms with E-state index in [4.69, 9.17) is 5.11 Å². The third-order valence-corrected chi connectivity index (χ3v) is 4.55. The minimum atomic E-state index is -3.79. The second-order valence-corrected chi connectivity index (χ2v) is 6.37. The number of halogens is 2. The van der Waals surface area contributed by atoms with Gasteiger partial charge in [0.1, 0.15) is 11.6 Å². The molecular weight excluding hydrogens is 266 g/mol. The minimum absolute atomic E-state index is 0.173. The predicted molar refractivity (Wildman–Crippen MR) is 60.7 cm³/mol. The highest BCUT2D eigenvalue weighted by Gasteiger charge is 2.25. The number of carboxylic acids is 1. The van der Waals surface area contributed by atoms with Crippen molar-refractivity contribution >= 4 is 15.8 Å². The van der Waals surface area contributed by atoms with Crippen LogP contribution in [0, 0.1) is 11.6 Å². The van der Waals surface area contributed by atoms with Crippen LogP contribution >= 0.6 is 0 Å². The van der Waals surface area contributed by atoms with Crippen LogP contribution in [0.15, 0.2) is 18.2 Å². The number of aliphatic carboxylic acids is 1. The first-order valence-corrected chi connectivity index (χ1v) is 6.81. The molecule has 0 aliphatic heterocycles. The maximum Gasteiger partial charge on any atom is 0.304 e. The zero-order valence-corrected chi connectivity index (χ0v) is 10.4. The average Bonchev–Trinajstić information content (AvgIpc) is 2.21. The zero-order valence-electron chi connectivity index (χ0n) is 9.56. The fraction of sp³-hybridized carbons (Fsp3) is 0.364. The van der Waals surface area contributed by atoms with Crippen LogP contribution < -0.4 is 0 Å². The third-order valence-electron chi connectivity index (χ3n) is 2.45. The van der Waals surface area contributed by atoms with Crippen molar-refractivity contribution in [2.45, 2.75) is 24.3 Å². The molecule has 0 aromatic heterocycles. The Kier molecular flexibility index (Phi) is 4.39. The molecule has 0 heterocycles. The van der Waals surface area contributed by atoms with Gasteiger partial charge in [0.15, 0.2) is 9.84 Å². The molecule has 7 heteroatoms. The van der Waals surface area contributed by atoms with E-state index in [9.17, 15) is 22.0 Å². The van der Waals surface area contributed by atoms with E-state index in [0.717, 1.165) is 12.1 Å². The molecule has 0 radical (unpaired) electrons. The molecule has 0 bridgehead atoms. The summed E-state index contributed by atoms with van der Waals surface area (Å²) in [6.07, 6.45) is -0.550. The van der Waals surface area contributed by atoms with Crippen LogP contribution in [-0.2, 0) is 20.4 Å². The lowest BCUT2D eigenvalue weighted by Gasteiger charge is -2.11. The molecule has 0 aliphatic rings. The van der Waals surface area contributed by atoms with Crippen molar-refractivity contribution in [1.29, 1.82) is 0 Å². The minimum Gasteiger partial charge on any atom is -0.481 e. The van der Waals surface area contributed by atoms with E-state index in [0.29, 0.717) is 6.07 Å². The molecule has 1 rings (SSSR count). The van der Waals surface area contributed by atoms with Gasteiger partial charge in [0.2, 0.25) is 0 Å². The van der Waals surface area contributed by atoms with Gasteiger partial charge in [0.25, 0.3) is 0 Å². The van der Waals surface area contributed by atoms with E-state index in [2.05, 4.69) is 0 Å². The Hall–Kier alpha value is -1.50. The smallest absolute Gasteiger partial charge is 0.304 e. The van der Waals surface area contributed by atoms with Gasteiger partial charge in [-0.3, -0.25) is 4.79 Å². The summed E-state index contributed by atoms with van der Waals surface area (Å²) in [6, 6.07) is 2.58. The van der Waals surface area contributed by atoms with E-state index in [1.807, 2.05) is 0 Å². The topological polar surface area (TPSA) is 71.4 Å². The number of carboxylic acid groups (broad SMARTS) is 1. The molecule has 1 unspecified atom stereocenters. The molecule has 1 aromatic carbocycles. The van der Waals surface area contributed by atoms with Crippen LogP contribution in [0.4, 0.5) is 8.78 Å². The molecular formula is C11H12F2O4S. The lowest BCUT2D eigenvalue weighted by molar-refractivity contribution is -0.136. The molecule has 1 atom stereocenters. The second kappa shape index (κ2) is 5.43. The van der Waals surface area contributed by atoms with Crippen molar-refractivity contribution in [2.24, 2.45) is 0 Å². The Morgan fingerprint density at radius 3 is 2.50 bits per heavy atom. The Bertz CT molecular complexity index is 554. The van der Waals surface area contributed by atoms with Gasteiger partial charge in [0.05, 0.1) is 17.4 Å². The summed E-state index contributed by atoms with van der Waals surface area (Å²) >= 11 is 0. The van der Waals surface area contributed by atoms with Gasteiger partial charge in [-0.25, -0.2) is 17.2 Å². The van der Waals surface area contributed by atoms with Crippen LogP contribution in [0.25, 0.3) is 0 Å². The summed E-state index contributed by atoms with van der Waals surface area (Å²) in [7, 11) is -3.79. The molecule has 100 valence electrons. The zero-order chi connectivity index (χ0) is 13.9. The summed E-state index contributed by atoms with van der Waals surface area (Å²) in [5, 5.41) is 7.39. The van der Waals surface area contributed by atoms with Crippen LogP contribution in [0.5, 0.6) is 0 Å². The number of rotatable bonds is 5. The van der Waals surface area contributed by atoms with Gasteiger partial charge in [-0.15, -0.1) is 0 Å². The molecule has 1 N–H and O–H groups in total. The first kappa shape index (κ1) is 14.6. The van der Waals surface area contributed by atoms with Crippen molar-refractivity contribution in [2.75, 3.05) is 0 Å². The van der Waals surface area contributed by atoms with Gasteiger partial charge in [-0.05, 0) is 13.0 Å². The molecule has 18 heavy (non-hydrogen) atoms. The lowest BCUT2D eigenvalue weighted by atomic mass is 10.2. The third kappa shape index (κ3) is 3.76. The molecule has 0 aliphatic carbocycles. The molecule has 0 amide bonds. The molecule has 0 saturated heterocycles. The van der Waals surface area contributed by atoms with E-state index < -0.39 is 44.9 Å². The molecule has 4 nitrogen and oxygen atoms in total. The quantitative estimate of drug-likeness (QED) is 0.890. The molecule has 0 fully saturated rings. The highest BCUT2D eigenvalue weighted by atomic mass is 32.2. The Balaban J connectivity index is 2.92. The van der Waals surface area contributed by atoms with Crippen LogP contribution in [0.2, 0.25) is 0 Å². The summed E-state index contributed by atoms with van der Waals surface area (Å²) < 4.78 is 49.4. The number of hydrogen-bond acceptors (Lipinski definition) is 3. The lowest BCUT2D eigenvalue weighted by Crippen LogP contribution is -2.23. The summed E-state index contributed by atoms with van der Waals surface area (Å²) in [6.45, 7) is 1.24. The fourth-order valence-electron chi connectivity index (χ4n) is 1.37. The van der Waals surface area contributed by atoms with Crippen molar-refractivity contribution < 1.29 is 27.1 Å². The summed E-state index contributed by atoms with van der Waals surface area (Å²) in [5.41, 5.74) is -0.173. The Morgan fingerprint density at radius 1 is 1.39 bits per heavy atom. The van der Waals surface area contributed by atoms with Gasteiger partial charge in [-0.1, -0.05) is 6.07 Å². The van der Waals surface area contributed by atoms with E-state index in [1.54, 1.807) is 0 Å². The Morgan fingerprint density at radius 2 is 2.00 bits per heavy atom. The van der Waals surface area contributed by atoms with Gasteiger partial charge < -0.3 is 5.11 Å². The van der Waals surface area contributed by atoms with Gasteiger partial charge >= 0.3 is 5.97 Å². The van der Waals surface area contributed by atoms with E-state index in [-0.39, 0.29) is 5.56 Å². The van der Waals surface area contributed by atoms with Crippen molar-refractivity contribution in [3.05, 3.63) is 35.4 Å².